The van der Waals surface area contributed by atoms with E-state index in [4.69, 9.17) is 5.73 Å². The van der Waals surface area contributed by atoms with Crippen LogP contribution in [0.5, 0.6) is 5.75 Å². The zero-order valence-electron chi connectivity index (χ0n) is 8.09. The second-order valence-corrected chi connectivity index (χ2v) is 3.37. The summed E-state index contributed by atoms with van der Waals surface area (Å²) < 4.78 is 0. The van der Waals surface area contributed by atoms with E-state index >= 15 is 0 Å². The molecule has 2 nitrogen and oxygen atoms in total. The molecule has 2 heteroatoms. The molecule has 13 heavy (non-hydrogen) atoms. The standard InChI is InChI=1S/C11H17NO/c1-9-5-6-10(8-11(9)13)4-2-3-7-12/h5-6,8,13H,2-4,7,12H2,1H3. The maximum Gasteiger partial charge on any atom is 0.118 e. The van der Waals surface area contributed by atoms with Gasteiger partial charge in [-0.1, -0.05) is 12.1 Å². The van der Waals surface area contributed by atoms with Gasteiger partial charge in [0.1, 0.15) is 5.75 Å². The minimum Gasteiger partial charge on any atom is -0.508 e. The van der Waals surface area contributed by atoms with Gasteiger partial charge in [0.2, 0.25) is 0 Å². The summed E-state index contributed by atoms with van der Waals surface area (Å²) in [5.74, 6) is 0.394. The van der Waals surface area contributed by atoms with Gasteiger partial charge >= 0.3 is 0 Å². The van der Waals surface area contributed by atoms with E-state index in [9.17, 15) is 5.11 Å². The second kappa shape index (κ2) is 4.87. The van der Waals surface area contributed by atoms with Crippen molar-refractivity contribution < 1.29 is 5.11 Å². The molecule has 3 N–H and O–H groups in total. The van der Waals surface area contributed by atoms with Gasteiger partial charge in [0.15, 0.2) is 0 Å². The molecule has 0 amide bonds. The molecule has 0 radical (unpaired) electrons. The smallest absolute Gasteiger partial charge is 0.118 e. The van der Waals surface area contributed by atoms with E-state index in [1.165, 1.54) is 5.56 Å². The van der Waals surface area contributed by atoms with Gasteiger partial charge in [-0.3, -0.25) is 0 Å². The monoisotopic (exact) mass is 179 g/mol. The van der Waals surface area contributed by atoms with Crippen molar-refractivity contribution in [2.45, 2.75) is 26.2 Å². The highest BCUT2D eigenvalue weighted by molar-refractivity contribution is 5.35. The number of unbranched alkanes of at least 4 members (excludes halogenated alkanes) is 1. The van der Waals surface area contributed by atoms with Crippen LogP contribution in [-0.2, 0) is 6.42 Å². The maximum atomic E-state index is 9.43. The highest BCUT2D eigenvalue weighted by atomic mass is 16.3. The lowest BCUT2D eigenvalue weighted by atomic mass is 10.1. The lowest BCUT2D eigenvalue weighted by molar-refractivity contribution is 0.470. The number of benzene rings is 1. The molecule has 0 aliphatic carbocycles. The van der Waals surface area contributed by atoms with E-state index in [2.05, 4.69) is 6.07 Å². The quantitative estimate of drug-likeness (QED) is 0.694. The van der Waals surface area contributed by atoms with Crippen LogP contribution in [0.4, 0.5) is 0 Å². The van der Waals surface area contributed by atoms with Crippen LogP contribution in [0.1, 0.15) is 24.0 Å². The number of aryl methyl sites for hydroxylation is 2. The maximum absolute atomic E-state index is 9.43. The Morgan fingerprint density at radius 2 is 2.08 bits per heavy atom. The number of nitrogens with two attached hydrogens (primary N) is 1. The molecule has 0 unspecified atom stereocenters. The molecule has 0 heterocycles. The lowest BCUT2D eigenvalue weighted by Gasteiger charge is -2.03. The highest BCUT2D eigenvalue weighted by Crippen LogP contribution is 2.18. The van der Waals surface area contributed by atoms with Crippen LogP contribution in [0.25, 0.3) is 0 Å². The number of hydrogen-bond acceptors (Lipinski definition) is 2. The molecule has 0 aliphatic rings. The van der Waals surface area contributed by atoms with Crippen LogP contribution in [0.15, 0.2) is 18.2 Å². The average molecular weight is 179 g/mol. The molecule has 0 fully saturated rings. The summed E-state index contributed by atoms with van der Waals surface area (Å²) in [5, 5.41) is 9.43. The third-order valence-electron chi connectivity index (χ3n) is 2.19. The first-order chi connectivity index (χ1) is 6.24. The van der Waals surface area contributed by atoms with E-state index in [-0.39, 0.29) is 0 Å². The minimum absolute atomic E-state index is 0.394. The van der Waals surface area contributed by atoms with Crippen molar-refractivity contribution in [1.82, 2.24) is 0 Å². The van der Waals surface area contributed by atoms with Crippen molar-refractivity contribution in [3.05, 3.63) is 29.3 Å². The lowest BCUT2D eigenvalue weighted by Crippen LogP contribution is -1.98. The minimum atomic E-state index is 0.394. The van der Waals surface area contributed by atoms with E-state index in [1.54, 1.807) is 0 Å². The molecule has 0 saturated carbocycles. The molecule has 0 aliphatic heterocycles. The Morgan fingerprint density at radius 3 is 2.69 bits per heavy atom. The van der Waals surface area contributed by atoms with Crippen molar-refractivity contribution in [2.24, 2.45) is 5.73 Å². The molecule has 0 aromatic heterocycles. The first-order valence-corrected chi connectivity index (χ1v) is 4.72. The Labute approximate surface area is 79.4 Å². The number of aromatic hydroxyl groups is 1. The van der Waals surface area contributed by atoms with Crippen LogP contribution < -0.4 is 5.73 Å². The summed E-state index contributed by atoms with van der Waals surface area (Å²) >= 11 is 0. The van der Waals surface area contributed by atoms with Gasteiger partial charge in [0, 0.05) is 0 Å². The van der Waals surface area contributed by atoms with Crippen molar-refractivity contribution in [3.63, 3.8) is 0 Å². The van der Waals surface area contributed by atoms with Crippen molar-refractivity contribution >= 4 is 0 Å². The topological polar surface area (TPSA) is 46.2 Å². The van der Waals surface area contributed by atoms with Gasteiger partial charge in [0.05, 0.1) is 0 Å². The summed E-state index contributed by atoms with van der Waals surface area (Å²) in [4.78, 5) is 0. The SMILES string of the molecule is Cc1ccc(CCCCN)cc1O. The average Bonchev–Trinajstić information content (AvgIpc) is 2.12. The highest BCUT2D eigenvalue weighted by Gasteiger charge is 1.97. The third kappa shape index (κ3) is 3.07. The fourth-order valence-electron chi connectivity index (χ4n) is 1.28. The second-order valence-electron chi connectivity index (χ2n) is 3.37. The molecule has 1 aromatic carbocycles. The van der Waals surface area contributed by atoms with Crippen molar-refractivity contribution in [3.8, 4) is 5.75 Å². The molecular weight excluding hydrogens is 162 g/mol. The molecule has 1 aromatic rings. The Hall–Kier alpha value is -1.02. The Morgan fingerprint density at radius 1 is 1.31 bits per heavy atom. The van der Waals surface area contributed by atoms with Crippen molar-refractivity contribution in [2.75, 3.05) is 6.54 Å². The molecule has 0 saturated heterocycles. The Bertz CT molecular complexity index is 271. The fourth-order valence-corrected chi connectivity index (χ4v) is 1.28. The predicted octanol–water partition coefficient (Wildman–Crippen LogP) is 1.98. The summed E-state index contributed by atoms with van der Waals surface area (Å²) in [6, 6.07) is 5.85. The van der Waals surface area contributed by atoms with Crippen LogP contribution >= 0.6 is 0 Å². The zero-order valence-corrected chi connectivity index (χ0v) is 8.09. The first kappa shape index (κ1) is 10.1. The van der Waals surface area contributed by atoms with E-state index in [0.717, 1.165) is 31.4 Å². The summed E-state index contributed by atoms with van der Waals surface area (Å²) in [5.41, 5.74) is 7.52. The van der Waals surface area contributed by atoms with E-state index in [1.807, 2.05) is 19.1 Å². The molecule has 1 rings (SSSR count). The van der Waals surface area contributed by atoms with Crippen LogP contribution in [-0.4, -0.2) is 11.7 Å². The number of phenolic OH excluding ortho intramolecular Hbond substituents is 1. The zero-order chi connectivity index (χ0) is 9.68. The Kier molecular flexibility index (Phi) is 3.77. The van der Waals surface area contributed by atoms with Gasteiger partial charge in [0.25, 0.3) is 0 Å². The molecule has 0 bridgehead atoms. The number of hydrogen-bond donors (Lipinski definition) is 2. The Balaban J connectivity index is 2.53. The van der Waals surface area contributed by atoms with Crippen LogP contribution in [0.3, 0.4) is 0 Å². The van der Waals surface area contributed by atoms with Gasteiger partial charge in [-0.05, 0) is 49.9 Å². The largest absolute Gasteiger partial charge is 0.508 e. The normalized spacial score (nSPS) is 10.3. The molecular formula is C11H17NO. The van der Waals surface area contributed by atoms with E-state index in [0.29, 0.717) is 5.75 Å². The summed E-state index contributed by atoms with van der Waals surface area (Å²) in [6.07, 6.45) is 3.15. The number of phenols is 1. The third-order valence-corrected chi connectivity index (χ3v) is 2.19. The van der Waals surface area contributed by atoms with E-state index < -0.39 is 0 Å². The predicted molar refractivity (Wildman–Crippen MR) is 54.8 cm³/mol. The fraction of sp³-hybridized carbons (Fsp3) is 0.455. The van der Waals surface area contributed by atoms with Gasteiger partial charge in [-0.25, -0.2) is 0 Å². The summed E-state index contributed by atoms with van der Waals surface area (Å²) in [7, 11) is 0. The number of rotatable bonds is 4. The van der Waals surface area contributed by atoms with Crippen LogP contribution in [0.2, 0.25) is 0 Å². The van der Waals surface area contributed by atoms with Gasteiger partial charge < -0.3 is 10.8 Å². The first-order valence-electron chi connectivity index (χ1n) is 4.72. The molecule has 0 spiro atoms. The molecule has 0 atom stereocenters. The van der Waals surface area contributed by atoms with Gasteiger partial charge in [-0.15, -0.1) is 0 Å². The molecule has 72 valence electrons. The van der Waals surface area contributed by atoms with Crippen molar-refractivity contribution in [1.29, 1.82) is 0 Å². The summed E-state index contributed by atoms with van der Waals surface area (Å²) in [6.45, 7) is 2.65. The van der Waals surface area contributed by atoms with Gasteiger partial charge in [-0.2, -0.15) is 0 Å². The van der Waals surface area contributed by atoms with Crippen LogP contribution in [0, 0.1) is 6.92 Å².